The molecule has 1 aromatic rings. The van der Waals surface area contributed by atoms with Crippen LogP contribution in [0.15, 0.2) is 27.9 Å². The number of aromatic nitrogens is 2. The number of aliphatic hydroxyl groups is 2. The third-order valence-electron chi connectivity index (χ3n) is 4.03. The number of carbonyl (C=O) groups is 1. The van der Waals surface area contributed by atoms with Gasteiger partial charge in [0.2, 0.25) is 0 Å². The molecule has 0 bridgehead atoms. The molecule has 1 fully saturated rings. The lowest BCUT2D eigenvalue weighted by molar-refractivity contribution is -0.134. The lowest BCUT2D eigenvalue weighted by Crippen LogP contribution is -2.38. The number of ether oxygens (including phenoxy) is 1. The maximum Gasteiger partial charge on any atom is 0.335 e. The van der Waals surface area contributed by atoms with Crippen molar-refractivity contribution >= 4 is 12.2 Å². The van der Waals surface area contributed by atoms with Crippen LogP contribution in [-0.4, -0.2) is 45.6 Å². The standard InChI is InChI=1S/C14H18N2O6/c1-22-12(20)3-5-16-11(19)2-4-15(13(16)21)8-14(9-18)6-10(14)7-17/h2-5,10,17-18H,6-9H2,1H3/b5-3+/t10-,14-/m0/s1. The molecule has 120 valence electrons. The van der Waals surface area contributed by atoms with E-state index >= 15 is 0 Å². The lowest BCUT2D eigenvalue weighted by atomic mass is 10.1. The van der Waals surface area contributed by atoms with E-state index in [4.69, 9.17) is 0 Å². The maximum absolute atomic E-state index is 12.3. The van der Waals surface area contributed by atoms with Gasteiger partial charge < -0.3 is 14.9 Å². The third kappa shape index (κ3) is 3.02. The highest BCUT2D eigenvalue weighted by Crippen LogP contribution is 2.52. The van der Waals surface area contributed by atoms with Crippen molar-refractivity contribution in [2.24, 2.45) is 11.3 Å². The fourth-order valence-electron chi connectivity index (χ4n) is 2.46. The second kappa shape index (κ2) is 6.29. The molecule has 2 rings (SSSR count). The normalized spacial score (nSPS) is 23.7. The van der Waals surface area contributed by atoms with E-state index in [1.54, 1.807) is 0 Å². The van der Waals surface area contributed by atoms with Crippen LogP contribution < -0.4 is 11.2 Å². The molecule has 1 heterocycles. The van der Waals surface area contributed by atoms with Crippen LogP contribution in [-0.2, 0) is 16.1 Å². The monoisotopic (exact) mass is 310 g/mol. The van der Waals surface area contributed by atoms with Crippen LogP contribution in [0.3, 0.4) is 0 Å². The molecule has 0 saturated heterocycles. The zero-order chi connectivity index (χ0) is 16.3. The first kappa shape index (κ1) is 16.2. The van der Waals surface area contributed by atoms with Gasteiger partial charge in [-0.05, 0) is 12.3 Å². The van der Waals surface area contributed by atoms with Crippen molar-refractivity contribution in [1.82, 2.24) is 9.13 Å². The molecule has 0 amide bonds. The molecule has 8 nitrogen and oxygen atoms in total. The Balaban J connectivity index is 2.32. The maximum atomic E-state index is 12.3. The molecule has 1 aromatic heterocycles. The van der Waals surface area contributed by atoms with Crippen LogP contribution in [0, 0.1) is 11.3 Å². The summed E-state index contributed by atoms with van der Waals surface area (Å²) in [5, 5.41) is 18.6. The van der Waals surface area contributed by atoms with Crippen molar-refractivity contribution in [3.63, 3.8) is 0 Å². The summed E-state index contributed by atoms with van der Waals surface area (Å²) in [6, 6.07) is 1.20. The SMILES string of the molecule is COC(=O)/C=C/n1c(=O)ccn(C[C@]2(CO)C[C@H]2CO)c1=O. The molecule has 1 aliphatic rings. The Morgan fingerprint density at radius 3 is 2.77 bits per heavy atom. The summed E-state index contributed by atoms with van der Waals surface area (Å²) < 4.78 is 6.48. The number of carbonyl (C=O) groups excluding carboxylic acids is 1. The van der Waals surface area contributed by atoms with E-state index in [2.05, 4.69) is 4.74 Å². The van der Waals surface area contributed by atoms with E-state index in [-0.39, 0.29) is 25.7 Å². The van der Waals surface area contributed by atoms with Gasteiger partial charge in [-0.25, -0.2) is 14.2 Å². The number of methoxy groups -OCH3 is 1. The molecule has 1 saturated carbocycles. The Hall–Kier alpha value is -2.19. The van der Waals surface area contributed by atoms with Crippen molar-refractivity contribution in [3.05, 3.63) is 39.2 Å². The largest absolute Gasteiger partial charge is 0.466 e. The minimum absolute atomic E-state index is 0.0583. The van der Waals surface area contributed by atoms with E-state index in [1.165, 1.54) is 23.9 Å². The number of esters is 1. The molecule has 0 aromatic carbocycles. The number of hydrogen-bond acceptors (Lipinski definition) is 6. The average Bonchev–Trinajstić information content (AvgIpc) is 3.23. The minimum Gasteiger partial charge on any atom is -0.466 e. The number of aliphatic hydroxyl groups excluding tert-OH is 2. The zero-order valence-corrected chi connectivity index (χ0v) is 12.1. The second-order valence-corrected chi connectivity index (χ2v) is 5.38. The van der Waals surface area contributed by atoms with Gasteiger partial charge in [-0.2, -0.15) is 0 Å². The molecule has 0 spiro atoms. The predicted octanol–water partition coefficient (Wildman–Crippen LogP) is -1.36. The van der Waals surface area contributed by atoms with Crippen LogP contribution in [0.25, 0.3) is 6.20 Å². The van der Waals surface area contributed by atoms with Crippen molar-refractivity contribution in [1.29, 1.82) is 0 Å². The lowest BCUT2D eigenvalue weighted by Gasteiger charge is -2.16. The van der Waals surface area contributed by atoms with Crippen molar-refractivity contribution in [3.8, 4) is 0 Å². The van der Waals surface area contributed by atoms with Crippen LogP contribution in [0.2, 0.25) is 0 Å². The quantitative estimate of drug-likeness (QED) is 0.496. The average molecular weight is 310 g/mol. The molecular weight excluding hydrogens is 292 g/mol. The third-order valence-corrected chi connectivity index (χ3v) is 4.03. The van der Waals surface area contributed by atoms with E-state index < -0.39 is 22.6 Å². The van der Waals surface area contributed by atoms with Gasteiger partial charge >= 0.3 is 11.7 Å². The summed E-state index contributed by atoms with van der Waals surface area (Å²) in [4.78, 5) is 35.1. The molecule has 22 heavy (non-hydrogen) atoms. The van der Waals surface area contributed by atoms with Gasteiger partial charge in [-0.3, -0.25) is 9.36 Å². The van der Waals surface area contributed by atoms with Gasteiger partial charge in [-0.15, -0.1) is 0 Å². The van der Waals surface area contributed by atoms with Gasteiger partial charge in [0.05, 0.1) is 13.7 Å². The Morgan fingerprint density at radius 2 is 2.23 bits per heavy atom. The molecule has 0 aliphatic heterocycles. The van der Waals surface area contributed by atoms with Gasteiger partial charge in [-0.1, -0.05) is 0 Å². The molecule has 2 atom stereocenters. The molecule has 0 unspecified atom stereocenters. The topological polar surface area (TPSA) is 111 Å². The van der Waals surface area contributed by atoms with E-state index in [1.807, 2.05) is 0 Å². The van der Waals surface area contributed by atoms with Gasteiger partial charge in [0.25, 0.3) is 5.56 Å². The number of rotatable bonds is 6. The van der Waals surface area contributed by atoms with E-state index in [9.17, 15) is 24.6 Å². The molecule has 8 heteroatoms. The first-order valence-corrected chi connectivity index (χ1v) is 6.77. The highest BCUT2D eigenvalue weighted by molar-refractivity contribution is 5.84. The first-order chi connectivity index (χ1) is 10.5. The summed E-state index contributed by atoms with van der Waals surface area (Å²) in [5.74, 6) is -0.744. The van der Waals surface area contributed by atoms with Crippen LogP contribution in [0.5, 0.6) is 0 Å². The Labute approximate surface area is 125 Å². The van der Waals surface area contributed by atoms with Crippen LogP contribution in [0.1, 0.15) is 6.42 Å². The zero-order valence-electron chi connectivity index (χ0n) is 12.1. The molecule has 0 radical (unpaired) electrons. The van der Waals surface area contributed by atoms with Crippen molar-refractivity contribution in [2.45, 2.75) is 13.0 Å². The highest BCUT2D eigenvalue weighted by Gasteiger charge is 2.53. The summed E-state index contributed by atoms with van der Waals surface area (Å²) in [7, 11) is 1.19. The summed E-state index contributed by atoms with van der Waals surface area (Å²) in [6.45, 7) is -0.0150. The minimum atomic E-state index is -0.684. The van der Waals surface area contributed by atoms with Crippen LogP contribution in [0.4, 0.5) is 0 Å². The Bertz CT molecular complexity index is 704. The van der Waals surface area contributed by atoms with Crippen LogP contribution >= 0.6 is 0 Å². The van der Waals surface area contributed by atoms with Crippen molar-refractivity contribution in [2.75, 3.05) is 20.3 Å². The summed E-state index contributed by atoms with van der Waals surface area (Å²) in [5.41, 5.74) is -1.73. The number of nitrogens with zero attached hydrogens (tertiary/aromatic N) is 2. The second-order valence-electron chi connectivity index (χ2n) is 5.38. The fraction of sp³-hybridized carbons (Fsp3) is 0.500. The van der Waals surface area contributed by atoms with Gasteiger partial charge in [0.15, 0.2) is 0 Å². The van der Waals surface area contributed by atoms with E-state index in [0.717, 1.165) is 16.8 Å². The predicted molar refractivity (Wildman–Crippen MR) is 77.0 cm³/mol. The van der Waals surface area contributed by atoms with E-state index in [0.29, 0.717) is 6.42 Å². The van der Waals surface area contributed by atoms with Gasteiger partial charge in [0.1, 0.15) is 0 Å². The number of hydrogen-bond donors (Lipinski definition) is 2. The molecular formula is C14H18N2O6. The summed E-state index contributed by atoms with van der Waals surface area (Å²) in [6.07, 6.45) is 3.98. The smallest absolute Gasteiger partial charge is 0.335 e. The fourth-order valence-corrected chi connectivity index (χ4v) is 2.46. The Kier molecular flexibility index (Phi) is 4.62. The highest BCUT2D eigenvalue weighted by atomic mass is 16.5. The van der Waals surface area contributed by atoms with Crippen molar-refractivity contribution < 1.29 is 19.7 Å². The summed E-state index contributed by atoms with van der Waals surface area (Å²) >= 11 is 0. The Morgan fingerprint density at radius 1 is 1.50 bits per heavy atom. The van der Waals surface area contributed by atoms with Gasteiger partial charge in [0, 0.05) is 43.1 Å². The first-order valence-electron chi connectivity index (χ1n) is 6.77. The molecule has 1 aliphatic carbocycles. The molecule has 2 N–H and O–H groups in total.